The first-order chi connectivity index (χ1) is 13.7. The van der Waals surface area contributed by atoms with Gasteiger partial charge >= 0.3 is 12.2 Å². The van der Waals surface area contributed by atoms with Crippen LogP contribution >= 0.6 is 0 Å². The van der Waals surface area contributed by atoms with E-state index in [9.17, 15) is 18.4 Å². The molecule has 1 saturated heterocycles. The molecular weight excluding hydrogens is 412 g/mol. The topological polar surface area (TPSA) is 102 Å². The SMILES string of the molecule is COC(=O)[N@+]1(C(=O)OC(C)(C)C)C[C@H](Oc2ccc([N+](C)(C)S(=O)[O-])cc2)C[C@H]1C. The summed E-state index contributed by atoms with van der Waals surface area (Å²) in [5.74, 6) is 0.515. The second-order valence-electron chi connectivity index (χ2n) is 8.89. The van der Waals surface area contributed by atoms with E-state index in [1.54, 1.807) is 66.1 Å². The Balaban J connectivity index is 2.22. The van der Waals surface area contributed by atoms with Gasteiger partial charge in [-0.3, -0.25) is 0 Å². The molecule has 1 aromatic rings. The predicted molar refractivity (Wildman–Crippen MR) is 111 cm³/mol. The Morgan fingerprint density at radius 1 is 1.17 bits per heavy atom. The zero-order chi connectivity index (χ0) is 22.9. The molecule has 9 nitrogen and oxygen atoms in total. The lowest BCUT2D eigenvalue weighted by Gasteiger charge is -2.32. The second kappa shape index (κ2) is 8.62. The summed E-state index contributed by atoms with van der Waals surface area (Å²) in [5, 5.41) is 0. The molecule has 10 heteroatoms. The van der Waals surface area contributed by atoms with Crippen LogP contribution in [0.5, 0.6) is 5.75 Å². The van der Waals surface area contributed by atoms with Gasteiger partial charge < -0.3 is 18.8 Å². The van der Waals surface area contributed by atoms with E-state index in [0.717, 1.165) is 0 Å². The van der Waals surface area contributed by atoms with Gasteiger partial charge in [0, 0.05) is 18.6 Å². The minimum atomic E-state index is -2.33. The van der Waals surface area contributed by atoms with E-state index in [4.69, 9.17) is 14.2 Å². The number of benzene rings is 1. The molecule has 30 heavy (non-hydrogen) atoms. The quantitative estimate of drug-likeness (QED) is 0.520. The average molecular weight is 444 g/mol. The molecule has 4 atom stereocenters. The first-order valence-corrected chi connectivity index (χ1v) is 10.7. The lowest BCUT2D eigenvalue weighted by atomic mass is 10.2. The number of carbonyl (C=O) groups excluding carboxylic acids is 2. The Morgan fingerprint density at radius 2 is 1.73 bits per heavy atom. The molecule has 0 saturated carbocycles. The Hall–Kier alpha value is -2.01. The molecule has 2 amide bonds. The highest BCUT2D eigenvalue weighted by atomic mass is 32.2. The van der Waals surface area contributed by atoms with Gasteiger partial charge in [0.2, 0.25) is 0 Å². The Bertz CT molecular complexity index is 819. The highest BCUT2D eigenvalue weighted by molar-refractivity contribution is 7.78. The fraction of sp³-hybridized carbons (Fsp3) is 0.600. The Kier molecular flexibility index (Phi) is 6.97. The highest BCUT2D eigenvalue weighted by Crippen LogP contribution is 2.34. The number of ether oxygens (including phenoxy) is 3. The normalized spacial score (nSPS) is 25.5. The van der Waals surface area contributed by atoms with E-state index in [0.29, 0.717) is 17.9 Å². The average Bonchev–Trinajstić information content (AvgIpc) is 2.97. The van der Waals surface area contributed by atoms with Crippen LogP contribution in [0, 0.1) is 0 Å². The number of hydrogen-bond donors (Lipinski definition) is 0. The van der Waals surface area contributed by atoms with Gasteiger partial charge in [-0.2, -0.15) is 9.59 Å². The zero-order valence-corrected chi connectivity index (χ0v) is 19.4. The van der Waals surface area contributed by atoms with E-state index in [1.165, 1.54) is 7.11 Å². The maximum absolute atomic E-state index is 12.9. The van der Waals surface area contributed by atoms with Crippen molar-refractivity contribution in [3.05, 3.63) is 24.3 Å². The van der Waals surface area contributed by atoms with Gasteiger partial charge in [0.15, 0.2) is 17.4 Å². The standard InChI is InChI=1S/C20H31N2O7S/c1-14-12-17(13-22(14,18(23)27-7)19(24)29-20(2,3)4)28-16-10-8-15(9-11-16)21(5,6)30(25)26/h8-11,14,17H,12-13H2,1-7H3/q+1/t14-,17-,22+/m1/s1. The predicted octanol–water partition coefficient (Wildman–Crippen LogP) is 3.11. The third-order valence-corrected chi connectivity index (χ3v) is 6.16. The molecule has 0 bridgehead atoms. The Labute approximate surface area is 180 Å². The van der Waals surface area contributed by atoms with Crippen LogP contribution in [-0.4, -0.2) is 70.9 Å². The number of nitrogens with zero attached hydrogens (tertiary/aromatic N) is 2. The maximum Gasteiger partial charge on any atom is 0.527 e. The molecule has 1 unspecified atom stereocenters. The van der Waals surface area contributed by atoms with Crippen LogP contribution in [0.15, 0.2) is 24.3 Å². The Morgan fingerprint density at radius 3 is 2.20 bits per heavy atom. The summed E-state index contributed by atoms with van der Waals surface area (Å²) in [4.78, 5) is 25.6. The maximum atomic E-state index is 12.9. The highest BCUT2D eigenvalue weighted by Gasteiger charge is 2.60. The van der Waals surface area contributed by atoms with Crippen molar-refractivity contribution in [2.75, 3.05) is 27.7 Å². The number of amides is 2. The molecule has 0 spiro atoms. The van der Waals surface area contributed by atoms with Gasteiger partial charge in [0.1, 0.15) is 29.6 Å². The van der Waals surface area contributed by atoms with Crippen molar-refractivity contribution in [3.8, 4) is 5.75 Å². The summed E-state index contributed by atoms with van der Waals surface area (Å²) in [6.07, 6.45) is -1.33. The lowest BCUT2D eigenvalue weighted by Crippen LogP contribution is -2.61. The number of methoxy groups -OCH3 is 1. The number of imide groups is 1. The van der Waals surface area contributed by atoms with Crippen LogP contribution in [-0.2, 0) is 20.7 Å². The number of rotatable bonds is 4. The van der Waals surface area contributed by atoms with Crippen LogP contribution in [0.3, 0.4) is 0 Å². The monoisotopic (exact) mass is 443 g/mol. The van der Waals surface area contributed by atoms with Crippen LogP contribution < -0.4 is 8.63 Å². The van der Waals surface area contributed by atoms with Gasteiger partial charge in [-0.25, -0.2) is 8.10 Å². The molecular formula is C20H31N2O7S+. The molecule has 1 aliphatic rings. The van der Waals surface area contributed by atoms with Crippen LogP contribution in [0.4, 0.5) is 15.3 Å². The lowest BCUT2D eigenvalue weighted by molar-refractivity contribution is -0.798. The summed E-state index contributed by atoms with van der Waals surface area (Å²) in [7, 11) is 4.35. The third-order valence-electron chi connectivity index (χ3n) is 5.20. The molecule has 0 N–H and O–H groups in total. The fourth-order valence-corrected chi connectivity index (χ4v) is 3.77. The van der Waals surface area contributed by atoms with Crippen LogP contribution in [0.2, 0.25) is 0 Å². The van der Waals surface area contributed by atoms with Crippen molar-refractivity contribution >= 4 is 29.1 Å². The van der Waals surface area contributed by atoms with Crippen molar-refractivity contribution in [2.24, 2.45) is 0 Å². The number of quaternary nitrogens is 2. The summed E-state index contributed by atoms with van der Waals surface area (Å²) in [6.45, 7) is 7.09. The molecule has 168 valence electrons. The molecule has 2 rings (SSSR count). The van der Waals surface area contributed by atoms with Gasteiger partial charge in [-0.05, 0) is 39.8 Å². The molecule has 0 aliphatic carbocycles. The van der Waals surface area contributed by atoms with Crippen molar-refractivity contribution in [2.45, 2.75) is 51.9 Å². The van der Waals surface area contributed by atoms with E-state index in [2.05, 4.69) is 0 Å². The van der Waals surface area contributed by atoms with Gasteiger partial charge in [0.05, 0.1) is 21.2 Å². The van der Waals surface area contributed by atoms with E-state index in [1.807, 2.05) is 0 Å². The number of hydrogen-bond acceptors (Lipinski definition) is 7. The number of likely N-dealkylation sites (tertiary alicyclic amines) is 1. The van der Waals surface area contributed by atoms with E-state index >= 15 is 0 Å². The van der Waals surface area contributed by atoms with Gasteiger partial charge in [-0.1, -0.05) is 0 Å². The first-order valence-electron chi connectivity index (χ1n) is 9.65. The molecule has 0 aromatic heterocycles. The minimum Gasteiger partial charge on any atom is -0.724 e. The third kappa shape index (κ3) is 4.83. The van der Waals surface area contributed by atoms with Crippen molar-refractivity contribution in [1.82, 2.24) is 3.89 Å². The summed E-state index contributed by atoms with van der Waals surface area (Å²) < 4.78 is 38.3. The van der Waals surface area contributed by atoms with Crippen molar-refractivity contribution < 1.29 is 37.0 Å². The minimum absolute atomic E-state index is 0.0800. The van der Waals surface area contributed by atoms with Crippen molar-refractivity contribution in [1.29, 1.82) is 0 Å². The summed E-state index contributed by atoms with van der Waals surface area (Å²) in [6, 6.07) is 6.28. The van der Waals surface area contributed by atoms with Crippen LogP contribution in [0.25, 0.3) is 0 Å². The van der Waals surface area contributed by atoms with E-state index < -0.39 is 45.7 Å². The second-order valence-corrected chi connectivity index (χ2v) is 10.2. The van der Waals surface area contributed by atoms with Crippen LogP contribution in [0.1, 0.15) is 34.1 Å². The first kappa shape index (κ1) is 24.3. The molecule has 0 radical (unpaired) electrons. The van der Waals surface area contributed by atoms with E-state index in [-0.39, 0.29) is 10.4 Å². The zero-order valence-electron chi connectivity index (χ0n) is 18.5. The molecule has 1 fully saturated rings. The smallest absolute Gasteiger partial charge is 0.527 e. The van der Waals surface area contributed by atoms with Gasteiger partial charge in [-0.15, -0.1) is 4.48 Å². The fourth-order valence-electron chi connectivity index (χ4n) is 3.47. The molecule has 1 aromatic carbocycles. The van der Waals surface area contributed by atoms with Gasteiger partial charge in [0.25, 0.3) is 0 Å². The largest absolute Gasteiger partial charge is 0.724 e. The summed E-state index contributed by atoms with van der Waals surface area (Å²) in [5.41, 5.74) is -0.179. The summed E-state index contributed by atoms with van der Waals surface area (Å²) >= 11 is -2.33. The molecule has 1 aliphatic heterocycles. The number of carbonyl (C=O) groups is 2. The molecule has 1 heterocycles. The van der Waals surface area contributed by atoms with Crippen molar-refractivity contribution in [3.63, 3.8) is 0 Å².